The Labute approximate surface area is 122 Å². The molecule has 1 rings (SSSR count). The maximum Gasteiger partial charge on any atom is 0.263 e. The van der Waals surface area contributed by atoms with Crippen LogP contribution in [-0.2, 0) is 4.79 Å². The van der Waals surface area contributed by atoms with Crippen molar-refractivity contribution in [2.24, 2.45) is 0 Å². The van der Waals surface area contributed by atoms with Crippen molar-refractivity contribution in [3.8, 4) is 5.75 Å². The molecule has 0 saturated carbocycles. The SMILES string of the molecule is CC(O)CCN(C)C(=O)C(C)Oc1ccccc1Br. The molecular weight excluding hydrogens is 310 g/mol. The van der Waals surface area contributed by atoms with Gasteiger partial charge >= 0.3 is 0 Å². The summed E-state index contributed by atoms with van der Waals surface area (Å²) in [6.07, 6.45) is -0.406. The minimum atomic E-state index is -0.558. The van der Waals surface area contributed by atoms with Gasteiger partial charge in [-0.3, -0.25) is 4.79 Å². The van der Waals surface area contributed by atoms with Crippen molar-refractivity contribution in [2.75, 3.05) is 13.6 Å². The van der Waals surface area contributed by atoms with E-state index in [1.165, 1.54) is 0 Å². The van der Waals surface area contributed by atoms with Crippen LogP contribution in [0.5, 0.6) is 5.75 Å². The van der Waals surface area contributed by atoms with E-state index in [4.69, 9.17) is 4.74 Å². The molecule has 0 bridgehead atoms. The lowest BCUT2D eigenvalue weighted by atomic mass is 10.2. The molecule has 0 aromatic heterocycles. The number of carbonyl (C=O) groups excluding carboxylic acids is 1. The lowest BCUT2D eigenvalue weighted by Gasteiger charge is -2.23. The van der Waals surface area contributed by atoms with Crippen LogP contribution in [0.25, 0.3) is 0 Å². The van der Waals surface area contributed by atoms with Crippen LogP contribution in [0.2, 0.25) is 0 Å². The second-order valence-electron chi connectivity index (χ2n) is 4.59. The molecular formula is C14H20BrNO3. The molecule has 0 fully saturated rings. The fourth-order valence-corrected chi connectivity index (χ4v) is 1.96. The van der Waals surface area contributed by atoms with Gasteiger partial charge in [0, 0.05) is 13.6 Å². The van der Waals surface area contributed by atoms with Crippen LogP contribution < -0.4 is 4.74 Å². The number of aliphatic hydroxyl groups excluding tert-OH is 1. The van der Waals surface area contributed by atoms with Crippen LogP contribution in [0.15, 0.2) is 28.7 Å². The molecule has 1 aromatic rings. The van der Waals surface area contributed by atoms with E-state index in [1.54, 1.807) is 25.8 Å². The third-order valence-corrected chi connectivity index (χ3v) is 3.40. The molecule has 19 heavy (non-hydrogen) atoms. The maximum atomic E-state index is 12.1. The van der Waals surface area contributed by atoms with Crippen molar-refractivity contribution in [2.45, 2.75) is 32.5 Å². The van der Waals surface area contributed by atoms with Crippen molar-refractivity contribution < 1.29 is 14.6 Å². The molecule has 106 valence electrons. The predicted molar refractivity (Wildman–Crippen MR) is 78.2 cm³/mol. The zero-order chi connectivity index (χ0) is 14.4. The van der Waals surface area contributed by atoms with Crippen LogP contribution in [0.3, 0.4) is 0 Å². The van der Waals surface area contributed by atoms with Crippen molar-refractivity contribution in [1.29, 1.82) is 0 Å². The average Bonchev–Trinajstić information content (AvgIpc) is 2.37. The molecule has 1 amide bonds. The van der Waals surface area contributed by atoms with Gasteiger partial charge < -0.3 is 14.7 Å². The maximum absolute atomic E-state index is 12.1. The number of rotatable bonds is 6. The number of ether oxygens (including phenoxy) is 1. The Kier molecular flexibility index (Phi) is 6.31. The van der Waals surface area contributed by atoms with E-state index in [0.29, 0.717) is 18.7 Å². The van der Waals surface area contributed by atoms with Crippen molar-refractivity contribution in [3.63, 3.8) is 0 Å². The molecule has 0 saturated heterocycles. The number of hydrogen-bond acceptors (Lipinski definition) is 3. The lowest BCUT2D eigenvalue weighted by molar-refractivity contribution is -0.136. The summed E-state index contributed by atoms with van der Waals surface area (Å²) in [7, 11) is 1.71. The summed E-state index contributed by atoms with van der Waals surface area (Å²) in [4.78, 5) is 13.7. The first-order chi connectivity index (χ1) is 8.91. The van der Waals surface area contributed by atoms with Gasteiger partial charge in [0.2, 0.25) is 0 Å². The molecule has 0 radical (unpaired) electrons. The third kappa shape index (κ3) is 5.20. The second-order valence-corrected chi connectivity index (χ2v) is 5.44. The van der Waals surface area contributed by atoms with Crippen molar-refractivity contribution in [3.05, 3.63) is 28.7 Å². The Balaban J connectivity index is 2.55. The highest BCUT2D eigenvalue weighted by Crippen LogP contribution is 2.25. The molecule has 4 nitrogen and oxygen atoms in total. The minimum absolute atomic E-state index is 0.101. The standard InChI is InChI=1S/C14H20BrNO3/c1-10(17)8-9-16(3)14(18)11(2)19-13-7-5-4-6-12(13)15/h4-7,10-11,17H,8-9H2,1-3H3. The van der Waals surface area contributed by atoms with E-state index in [-0.39, 0.29) is 5.91 Å². The molecule has 0 aliphatic heterocycles. The molecule has 0 aliphatic rings. The number of amides is 1. The lowest BCUT2D eigenvalue weighted by Crippen LogP contribution is -2.39. The molecule has 0 aliphatic carbocycles. The average molecular weight is 330 g/mol. The molecule has 1 N–H and O–H groups in total. The summed E-state index contributed by atoms with van der Waals surface area (Å²) in [5, 5.41) is 9.22. The Bertz CT molecular complexity index is 423. The zero-order valence-electron chi connectivity index (χ0n) is 11.5. The molecule has 1 aromatic carbocycles. The number of aliphatic hydroxyl groups is 1. The topological polar surface area (TPSA) is 49.8 Å². The third-order valence-electron chi connectivity index (χ3n) is 2.75. The monoisotopic (exact) mass is 329 g/mol. The highest BCUT2D eigenvalue weighted by molar-refractivity contribution is 9.10. The van der Waals surface area contributed by atoms with Gasteiger partial charge in [-0.2, -0.15) is 0 Å². The van der Waals surface area contributed by atoms with E-state index in [0.717, 1.165) is 4.47 Å². The fourth-order valence-electron chi connectivity index (χ4n) is 1.58. The number of halogens is 1. The van der Waals surface area contributed by atoms with E-state index < -0.39 is 12.2 Å². The fraction of sp³-hybridized carbons (Fsp3) is 0.500. The van der Waals surface area contributed by atoms with E-state index in [2.05, 4.69) is 15.9 Å². The minimum Gasteiger partial charge on any atom is -0.480 e. The summed E-state index contributed by atoms with van der Waals surface area (Å²) in [5.41, 5.74) is 0. The van der Waals surface area contributed by atoms with E-state index in [1.807, 2.05) is 24.3 Å². The Morgan fingerprint density at radius 2 is 2.05 bits per heavy atom. The number of para-hydroxylation sites is 1. The second kappa shape index (κ2) is 7.50. The van der Waals surface area contributed by atoms with Crippen LogP contribution in [0, 0.1) is 0 Å². The van der Waals surface area contributed by atoms with Gasteiger partial charge in [0.05, 0.1) is 10.6 Å². The molecule has 2 unspecified atom stereocenters. The number of carbonyl (C=O) groups is 1. The van der Waals surface area contributed by atoms with E-state index >= 15 is 0 Å². The summed E-state index contributed by atoms with van der Waals surface area (Å²) < 4.78 is 6.45. The molecule has 0 spiro atoms. The van der Waals surface area contributed by atoms with Crippen LogP contribution >= 0.6 is 15.9 Å². The van der Waals surface area contributed by atoms with Crippen LogP contribution in [-0.4, -0.2) is 41.7 Å². The highest BCUT2D eigenvalue weighted by Gasteiger charge is 2.20. The van der Waals surface area contributed by atoms with Gasteiger partial charge in [-0.1, -0.05) is 12.1 Å². The van der Waals surface area contributed by atoms with E-state index in [9.17, 15) is 9.90 Å². The number of benzene rings is 1. The largest absolute Gasteiger partial charge is 0.480 e. The van der Waals surface area contributed by atoms with Gasteiger partial charge in [-0.25, -0.2) is 0 Å². The molecule has 0 heterocycles. The van der Waals surface area contributed by atoms with Gasteiger partial charge in [-0.05, 0) is 48.3 Å². The number of likely N-dealkylation sites (N-methyl/N-ethyl adjacent to an activating group) is 1. The number of nitrogens with zero attached hydrogens (tertiary/aromatic N) is 1. The first-order valence-electron chi connectivity index (χ1n) is 6.26. The molecule has 5 heteroatoms. The summed E-state index contributed by atoms with van der Waals surface area (Å²) >= 11 is 3.38. The van der Waals surface area contributed by atoms with Gasteiger partial charge in [0.15, 0.2) is 6.10 Å². The van der Waals surface area contributed by atoms with Crippen molar-refractivity contribution in [1.82, 2.24) is 4.90 Å². The van der Waals surface area contributed by atoms with Crippen molar-refractivity contribution >= 4 is 21.8 Å². The summed E-state index contributed by atoms with van der Waals surface area (Å²) in [6.45, 7) is 3.94. The highest BCUT2D eigenvalue weighted by atomic mass is 79.9. The summed E-state index contributed by atoms with van der Waals surface area (Å²) in [6, 6.07) is 7.42. The zero-order valence-corrected chi connectivity index (χ0v) is 13.1. The predicted octanol–water partition coefficient (Wildman–Crippen LogP) is 2.45. The normalized spacial score (nSPS) is 13.7. The molecule has 2 atom stereocenters. The first kappa shape index (κ1) is 16.0. The first-order valence-corrected chi connectivity index (χ1v) is 7.05. The van der Waals surface area contributed by atoms with Gasteiger partial charge in [0.1, 0.15) is 5.75 Å². The van der Waals surface area contributed by atoms with Gasteiger partial charge in [-0.15, -0.1) is 0 Å². The smallest absolute Gasteiger partial charge is 0.263 e. The van der Waals surface area contributed by atoms with Crippen LogP contribution in [0.1, 0.15) is 20.3 Å². The Hall–Kier alpha value is -1.07. The number of hydrogen-bond donors (Lipinski definition) is 1. The summed E-state index contributed by atoms with van der Waals surface area (Å²) in [5.74, 6) is 0.545. The Morgan fingerprint density at radius 1 is 1.42 bits per heavy atom. The van der Waals surface area contributed by atoms with Crippen LogP contribution in [0.4, 0.5) is 0 Å². The van der Waals surface area contributed by atoms with Gasteiger partial charge in [0.25, 0.3) is 5.91 Å². The quantitative estimate of drug-likeness (QED) is 0.872. The Morgan fingerprint density at radius 3 is 2.63 bits per heavy atom.